The van der Waals surface area contributed by atoms with E-state index in [9.17, 15) is 83.5 Å². The van der Waals surface area contributed by atoms with Gasteiger partial charge < -0.3 is 86.6 Å². The molecule has 1 aromatic heterocycles. The molecule has 2 saturated heterocycles. The Balaban J connectivity index is 0.918. The highest BCUT2D eigenvalue weighted by atomic mass is 127. The second kappa shape index (κ2) is 49.7. The molecule has 1 unspecified atom stereocenters. The van der Waals surface area contributed by atoms with Crippen LogP contribution in [0.4, 0.5) is 5.69 Å². The molecule has 0 saturated carbocycles. The summed E-state index contributed by atoms with van der Waals surface area (Å²) in [5.74, 6) is -7.94. The van der Waals surface area contributed by atoms with Crippen LogP contribution in [0.5, 0.6) is 5.75 Å². The first kappa shape index (κ1) is 89.6. The van der Waals surface area contributed by atoms with Gasteiger partial charge in [-0.15, -0.1) is 0 Å². The van der Waals surface area contributed by atoms with Crippen molar-refractivity contribution >= 4 is 122 Å². The van der Waals surface area contributed by atoms with Crippen LogP contribution < -0.4 is 42.0 Å². The molecule has 12 N–H and O–H groups in total. The number of benzene rings is 3. The van der Waals surface area contributed by atoms with Crippen molar-refractivity contribution in [1.82, 2.24) is 61.4 Å². The highest BCUT2D eigenvalue weighted by Gasteiger charge is 2.31. The van der Waals surface area contributed by atoms with Crippen molar-refractivity contribution in [3.63, 3.8) is 0 Å². The fourth-order valence-electron chi connectivity index (χ4n) is 12.3. The van der Waals surface area contributed by atoms with Crippen molar-refractivity contribution in [3.8, 4) is 11.8 Å². The minimum Gasteiger partial charge on any atom is -0.484 e. The number of nitrogens with zero attached hydrogens (tertiary/aromatic N) is 7. The number of nitrogens with one attached hydrogen (secondary N) is 7. The maximum absolute atomic E-state index is 13.9. The molecule has 4 atom stereocenters. The third kappa shape index (κ3) is 35.1. The Morgan fingerprint density at radius 3 is 1.85 bits per heavy atom. The van der Waals surface area contributed by atoms with Gasteiger partial charge in [-0.05, 0) is 159 Å². The number of pyridine rings is 1. The van der Waals surface area contributed by atoms with Crippen molar-refractivity contribution in [2.24, 2.45) is 0 Å². The fourth-order valence-corrected chi connectivity index (χ4v) is 12.9. The second-order valence-electron chi connectivity index (χ2n) is 26.4. The Labute approximate surface area is 657 Å². The molecule has 36 heteroatoms. The van der Waals surface area contributed by atoms with Crippen LogP contribution in [0.3, 0.4) is 0 Å². The number of aliphatic carboxylic acids is 5. The molecule has 6 rings (SSSR count). The number of carboxylic acids is 5. The van der Waals surface area contributed by atoms with Crippen molar-refractivity contribution in [2.75, 3.05) is 156 Å². The SMILES string of the molecule is N#C[C@H]1CCCN1C(=O)CNC(=O)c1ccnc2cc(OCC(=O)NCCOCCOCCOCCC(=O)N[C@@H](CCCCNC(=S)Nc3ccc(CC4CN(CC(=O)O)CCN(CC(=O)O)CCN(CC(=O)O)CCN4CC(=O)O)cc3)C(=O)N[C@@H](CCCCNC(=O)CCCc3ccc(I)cc3)C(=O)O)ccc12. The molecule has 2 fully saturated rings. The van der Waals surface area contributed by atoms with Gasteiger partial charge in [-0.3, -0.25) is 72.5 Å². The lowest BCUT2D eigenvalue weighted by molar-refractivity contribution is -0.142. The number of ether oxygens (including phenoxy) is 4. The lowest BCUT2D eigenvalue weighted by atomic mass is 10.0. The van der Waals surface area contributed by atoms with Crippen LogP contribution in [-0.2, 0) is 75.0 Å². The van der Waals surface area contributed by atoms with Crippen LogP contribution >= 0.6 is 34.8 Å². The van der Waals surface area contributed by atoms with Gasteiger partial charge in [0.05, 0.1) is 89.5 Å². The van der Waals surface area contributed by atoms with Crippen LogP contribution in [0.1, 0.15) is 92.1 Å². The quantitative estimate of drug-likeness (QED) is 0.0171. The molecule has 2 aliphatic heterocycles. The van der Waals surface area contributed by atoms with Crippen LogP contribution in [0, 0.1) is 14.9 Å². The van der Waals surface area contributed by atoms with Gasteiger partial charge in [0.25, 0.3) is 11.8 Å². The average Bonchev–Trinajstić information content (AvgIpc) is 0.822. The van der Waals surface area contributed by atoms with Crippen LogP contribution in [-0.4, -0.2) is 301 Å². The van der Waals surface area contributed by atoms with Gasteiger partial charge in [0.1, 0.15) is 23.9 Å². The molecule has 34 nitrogen and oxygen atoms in total. The smallest absolute Gasteiger partial charge is 0.326 e. The zero-order valence-corrected chi connectivity index (χ0v) is 64.5. The number of rotatable bonds is 47. The summed E-state index contributed by atoms with van der Waals surface area (Å²) in [7, 11) is 0. The van der Waals surface area contributed by atoms with Gasteiger partial charge in [0.15, 0.2) is 11.7 Å². The van der Waals surface area contributed by atoms with Crippen LogP contribution in [0.25, 0.3) is 10.9 Å². The number of halogens is 1. The summed E-state index contributed by atoms with van der Waals surface area (Å²) < 4.78 is 23.6. The van der Waals surface area contributed by atoms with Gasteiger partial charge >= 0.3 is 29.8 Å². The Kier molecular flexibility index (Phi) is 40.5. The van der Waals surface area contributed by atoms with Gasteiger partial charge in [-0.25, -0.2) is 4.79 Å². The van der Waals surface area contributed by atoms with E-state index in [4.69, 9.17) is 31.2 Å². The molecular weight excluding hydrogens is 1560 g/mol. The maximum atomic E-state index is 13.9. The molecule has 0 radical (unpaired) electrons. The predicted molar refractivity (Wildman–Crippen MR) is 414 cm³/mol. The van der Waals surface area contributed by atoms with Crippen molar-refractivity contribution in [2.45, 2.75) is 108 Å². The highest BCUT2D eigenvalue weighted by molar-refractivity contribution is 14.1. The Bertz CT molecular complexity index is 3730. The lowest BCUT2D eigenvalue weighted by Crippen LogP contribution is -2.53. The molecule has 0 aliphatic carbocycles. The van der Waals surface area contributed by atoms with E-state index >= 15 is 0 Å². The monoisotopic (exact) mass is 1660 g/mol. The molecule has 0 bridgehead atoms. The second-order valence-corrected chi connectivity index (χ2v) is 28.1. The average molecular weight is 1670 g/mol. The van der Waals surface area contributed by atoms with Crippen LogP contribution in [0.15, 0.2) is 79.0 Å². The standard InChI is InChI=1S/C74H101IN14O20S/c75-53-16-12-51(13-17-53)7-5-11-63(90)78-24-3-2-10-61(73(104)105)84-72(103)60(9-1-4-25-80-74(110)82-54-18-14-52(15-19-54)41-56-45-87(48-69(98)99)32-31-85(46-67(94)95)29-30-86(47-68(96)97)33-34-88(56)49-70(100)101)83-64(91)23-35-106-37-39-108-40-38-107-36-27-79-65(92)50-109-57-20-21-58-59(22-26-77-62(58)42-57)71(102)81-44-66(93)89-28-6-8-55(89)43-76/h12-22,26,42,55-56,60-61H,1-11,23-25,27-41,44-50H2,(H,78,90)(H,79,92)(H,81,102)(H,83,91)(H,84,103)(H,94,95)(H,96,97)(H,98,99)(H,100,101)(H,104,105)(H2,80,82,110)/t55-,56?,60+,61+/m1/s1. The van der Waals surface area contributed by atoms with E-state index in [1.807, 2.05) is 36.4 Å². The van der Waals surface area contributed by atoms with Gasteiger partial charge in [-0.2, -0.15) is 5.26 Å². The number of nitriles is 1. The molecule has 110 heavy (non-hydrogen) atoms. The first-order valence-corrected chi connectivity index (χ1v) is 38.1. The maximum Gasteiger partial charge on any atom is 0.326 e. The minimum atomic E-state index is -1.29. The number of anilines is 1. The van der Waals surface area contributed by atoms with Gasteiger partial charge in [0, 0.05) is 118 Å². The molecular formula is C74H101IN14O20S. The molecule has 0 spiro atoms. The number of carbonyl (C=O) groups is 11. The van der Waals surface area contributed by atoms with Crippen LogP contribution in [0.2, 0.25) is 0 Å². The van der Waals surface area contributed by atoms with E-state index in [1.54, 1.807) is 49.9 Å². The zero-order valence-electron chi connectivity index (χ0n) is 61.5. The lowest BCUT2D eigenvalue weighted by Gasteiger charge is -2.37. The number of amides is 6. The fraction of sp³-hybridized carbons (Fsp3) is 0.541. The van der Waals surface area contributed by atoms with Crippen molar-refractivity contribution in [1.29, 1.82) is 5.26 Å². The zero-order chi connectivity index (χ0) is 79.6. The number of fused-ring (bicyclic) bond motifs is 1. The number of aromatic nitrogens is 1. The number of hydrogen-bond acceptors (Lipinski definition) is 22. The number of hydrogen-bond donors (Lipinski definition) is 12. The summed E-state index contributed by atoms with van der Waals surface area (Å²) in [4.78, 5) is 151. The first-order valence-electron chi connectivity index (χ1n) is 36.7. The van der Waals surface area contributed by atoms with E-state index in [1.165, 1.54) is 17.2 Å². The number of carbonyl (C=O) groups excluding carboxylic acids is 6. The molecule has 2 aliphatic rings. The van der Waals surface area contributed by atoms with E-state index in [-0.39, 0.29) is 161 Å². The molecule has 4 aromatic rings. The van der Waals surface area contributed by atoms with E-state index in [0.717, 1.165) is 27.5 Å². The van der Waals surface area contributed by atoms with E-state index < -0.39 is 90.7 Å². The van der Waals surface area contributed by atoms with E-state index in [2.05, 4.69) is 70.9 Å². The van der Waals surface area contributed by atoms with Gasteiger partial charge in [-0.1, -0.05) is 24.3 Å². The minimum absolute atomic E-state index is 0.0257. The summed E-state index contributed by atoms with van der Waals surface area (Å²) in [5.41, 5.74) is 3.22. The molecule has 3 aromatic carbocycles. The summed E-state index contributed by atoms with van der Waals surface area (Å²) >= 11 is 7.84. The van der Waals surface area contributed by atoms with Crippen molar-refractivity contribution < 1.29 is 97.2 Å². The highest BCUT2D eigenvalue weighted by Crippen LogP contribution is 2.24. The Hall–Kier alpha value is -9.33. The number of thiocarbonyl (C=S) groups is 1. The largest absolute Gasteiger partial charge is 0.484 e. The Morgan fingerprint density at radius 1 is 0.600 bits per heavy atom. The normalized spacial score (nSPS) is 15.8. The molecule has 3 heterocycles. The Morgan fingerprint density at radius 2 is 1.20 bits per heavy atom. The van der Waals surface area contributed by atoms with Gasteiger partial charge in [0.2, 0.25) is 23.6 Å². The molecule has 6 amide bonds. The predicted octanol–water partition coefficient (Wildman–Crippen LogP) is 2.01. The summed E-state index contributed by atoms with van der Waals surface area (Å²) in [6, 6.07) is 20.2. The third-order valence-corrected chi connectivity index (χ3v) is 19.0. The van der Waals surface area contributed by atoms with E-state index in [0.29, 0.717) is 92.5 Å². The summed E-state index contributed by atoms with van der Waals surface area (Å²) in [6.07, 6.45) is 6.52. The topological polar surface area (TPSA) is 463 Å². The number of aryl methyl sites for hydroxylation is 1. The number of unbranched alkanes of at least 4 members (excludes halogenated alkanes) is 2. The first-order chi connectivity index (χ1) is 52.9. The van der Waals surface area contributed by atoms with Crippen molar-refractivity contribution in [3.05, 3.63) is 99.3 Å². The third-order valence-electron chi connectivity index (χ3n) is 18.0. The molecule has 600 valence electrons. The number of likely N-dealkylation sites (tertiary alicyclic amines) is 1. The number of carboxylic acid groups (broad SMARTS) is 5. The summed E-state index contributed by atoms with van der Waals surface area (Å²) in [6.45, 7) is 1.11. The summed E-state index contributed by atoms with van der Waals surface area (Å²) in [5, 5.41) is 79.2.